The predicted octanol–water partition coefficient (Wildman–Crippen LogP) is 2.83. The second kappa shape index (κ2) is 5.81. The van der Waals surface area contributed by atoms with Crippen LogP contribution in [0.3, 0.4) is 0 Å². The minimum atomic E-state index is -0.323. The van der Waals surface area contributed by atoms with Crippen LogP contribution in [0.5, 0.6) is 0 Å². The van der Waals surface area contributed by atoms with Gasteiger partial charge in [0.15, 0.2) is 5.96 Å². The van der Waals surface area contributed by atoms with Crippen molar-refractivity contribution in [1.29, 1.82) is 0 Å². The summed E-state index contributed by atoms with van der Waals surface area (Å²) >= 11 is 4.80. The van der Waals surface area contributed by atoms with Gasteiger partial charge in [-0.3, -0.25) is 9.69 Å². The molecule has 7 heteroatoms. The van der Waals surface area contributed by atoms with Crippen LogP contribution < -0.4 is 5.73 Å². The van der Waals surface area contributed by atoms with Crippen molar-refractivity contribution >= 4 is 39.3 Å². The van der Waals surface area contributed by atoms with Gasteiger partial charge in [-0.05, 0) is 36.7 Å². The van der Waals surface area contributed by atoms with Crippen LogP contribution in [0.4, 0.5) is 0 Å². The summed E-state index contributed by atoms with van der Waals surface area (Å²) in [6.45, 7) is 1.90. The summed E-state index contributed by atoms with van der Waals surface area (Å²) in [4.78, 5) is 19.1. The number of nitrogens with zero attached hydrogens (tertiary/aromatic N) is 3. The predicted molar refractivity (Wildman–Crippen MR) is 91.8 cm³/mol. The highest BCUT2D eigenvalue weighted by molar-refractivity contribution is 9.10. The first-order valence-corrected chi connectivity index (χ1v) is 8.37. The van der Waals surface area contributed by atoms with E-state index in [9.17, 15) is 4.79 Å². The van der Waals surface area contributed by atoms with E-state index in [0.717, 1.165) is 20.6 Å². The molecule has 2 aromatic rings. The molecule has 1 aromatic carbocycles. The minimum Gasteiger partial charge on any atom is -0.369 e. The van der Waals surface area contributed by atoms with Gasteiger partial charge in [-0.1, -0.05) is 28.1 Å². The number of halogens is 1. The molecule has 0 bridgehead atoms. The van der Waals surface area contributed by atoms with E-state index < -0.39 is 0 Å². The molecule has 0 aliphatic carbocycles. The molecule has 1 amide bonds. The lowest BCUT2D eigenvalue weighted by atomic mass is 9.96. The molecule has 3 rings (SSSR count). The van der Waals surface area contributed by atoms with Gasteiger partial charge < -0.3 is 5.73 Å². The van der Waals surface area contributed by atoms with Gasteiger partial charge in [0.05, 0.1) is 17.7 Å². The molecule has 114 valence electrons. The van der Waals surface area contributed by atoms with Gasteiger partial charge in [0.1, 0.15) is 0 Å². The van der Waals surface area contributed by atoms with Crippen molar-refractivity contribution in [2.24, 2.45) is 10.7 Å². The number of carbonyl (C=O) groups excluding carboxylic acids is 1. The molecule has 1 unspecified atom stereocenters. The SMILES string of the molecule is C[C@@H]1N=C(N)N(C)C(=O)C1c1cc(-c2cccc(Br)c2)ns1. The summed E-state index contributed by atoms with van der Waals surface area (Å²) in [7, 11) is 1.65. The van der Waals surface area contributed by atoms with Crippen LogP contribution in [-0.2, 0) is 4.79 Å². The average Bonchev–Trinajstić information content (AvgIpc) is 2.94. The van der Waals surface area contributed by atoms with Crippen molar-refractivity contribution in [3.8, 4) is 11.3 Å². The fourth-order valence-electron chi connectivity index (χ4n) is 2.48. The molecule has 1 aromatic heterocycles. The first-order chi connectivity index (χ1) is 10.5. The Morgan fingerprint density at radius 3 is 2.86 bits per heavy atom. The number of carbonyl (C=O) groups is 1. The fraction of sp³-hybridized carbons (Fsp3) is 0.267. The molecule has 1 aliphatic heterocycles. The van der Waals surface area contributed by atoms with Crippen LogP contribution in [0.15, 0.2) is 39.8 Å². The van der Waals surface area contributed by atoms with Crippen molar-refractivity contribution in [1.82, 2.24) is 9.27 Å². The summed E-state index contributed by atoms with van der Waals surface area (Å²) in [6.07, 6.45) is 0. The first-order valence-electron chi connectivity index (χ1n) is 6.81. The summed E-state index contributed by atoms with van der Waals surface area (Å²) in [5.41, 5.74) is 7.63. The molecular weight excluding hydrogens is 364 g/mol. The molecule has 2 atom stereocenters. The topological polar surface area (TPSA) is 71.6 Å². The number of guanidine groups is 1. The summed E-state index contributed by atoms with van der Waals surface area (Å²) in [5, 5.41) is 0. The largest absolute Gasteiger partial charge is 0.369 e. The van der Waals surface area contributed by atoms with Gasteiger partial charge in [0.2, 0.25) is 5.91 Å². The summed E-state index contributed by atoms with van der Waals surface area (Å²) in [5.74, 6) is -0.0920. The molecule has 0 radical (unpaired) electrons. The van der Waals surface area contributed by atoms with Crippen LogP contribution >= 0.6 is 27.5 Å². The van der Waals surface area contributed by atoms with E-state index in [4.69, 9.17) is 5.73 Å². The lowest BCUT2D eigenvalue weighted by Crippen LogP contribution is -2.48. The third kappa shape index (κ3) is 2.66. The first kappa shape index (κ1) is 15.2. The van der Waals surface area contributed by atoms with E-state index in [1.807, 2.05) is 37.3 Å². The van der Waals surface area contributed by atoms with Gasteiger partial charge in [-0.25, -0.2) is 4.99 Å². The maximum atomic E-state index is 12.5. The normalized spacial score (nSPS) is 21.9. The lowest BCUT2D eigenvalue weighted by molar-refractivity contribution is -0.129. The van der Waals surface area contributed by atoms with Crippen LogP contribution in [0.1, 0.15) is 17.7 Å². The van der Waals surface area contributed by atoms with Crippen molar-refractivity contribution in [2.75, 3.05) is 7.05 Å². The molecule has 0 fully saturated rings. The molecule has 0 saturated carbocycles. The van der Waals surface area contributed by atoms with Crippen molar-refractivity contribution < 1.29 is 4.79 Å². The Balaban J connectivity index is 1.96. The molecule has 1 aliphatic rings. The number of hydrogen-bond donors (Lipinski definition) is 1. The van der Waals surface area contributed by atoms with E-state index in [1.165, 1.54) is 16.4 Å². The van der Waals surface area contributed by atoms with Gasteiger partial charge in [0.25, 0.3) is 0 Å². The van der Waals surface area contributed by atoms with E-state index in [1.54, 1.807) is 7.05 Å². The Morgan fingerprint density at radius 1 is 1.36 bits per heavy atom. The highest BCUT2D eigenvalue weighted by Gasteiger charge is 2.36. The zero-order valence-corrected chi connectivity index (χ0v) is 14.6. The number of benzene rings is 1. The Hall–Kier alpha value is -1.73. The molecule has 5 nitrogen and oxygen atoms in total. The Bertz CT molecular complexity index is 758. The third-order valence-corrected chi connectivity index (χ3v) is 5.08. The molecular formula is C15H15BrN4OS. The molecule has 0 spiro atoms. The fourth-order valence-corrected chi connectivity index (χ4v) is 3.81. The van der Waals surface area contributed by atoms with E-state index in [-0.39, 0.29) is 23.8 Å². The summed E-state index contributed by atoms with van der Waals surface area (Å²) < 4.78 is 5.48. The minimum absolute atomic E-state index is 0.0376. The van der Waals surface area contributed by atoms with Crippen LogP contribution in [0.2, 0.25) is 0 Å². The monoisotopic (exact) mass is 378 g/mol. The van der Waals surface area contributed by atoms with Gasteiger partial charge in [-0.2, -0.15) is 4.37 Å². The average molecular weight is 379 g/mol. The van der Waals surface area contributed by atoms with Gasteiger partial charge in [0, 0.05) is 22.0 Å². The van der Waals surface area contributed by atoms with E-state index in [2.05, 4.69) is 25.3 Å². The van der Waals surface area contributed by atoms with Gasteiger partial charge in [-0.15, -0.1) is 0 Å². The van der Waals surface area contributed by atoms with Crippen molar-refractivity contribution in [3.63, 3.8) is 0 Å². The van der Waals surface area contributed by atoms with Crippen molar-refractivity contribution in [3.05, 3.63) is 39.7 Å². The Kier molecular flexibility index (Phi) is 4.01. The second-order valence-corrected chi connectivity index (χ2v) is 6.98. The third-order valence-electron chi connectivity index (χ3n) is 3.71. The van der Waals surface area contributed by atoms with Crippen LogP contribution in [0, 0.1) is 0 Å². The standard InChI is InChI=1S/C15H15BrN4OS/c1-8-13(14(21)20(2)15(17)18-8)12-7-11(19-22-12)9-4-3-5-10(16)6-9/h3-8,13H,1-2H3,(H2,17,18)/t8-,13?/m0/s1. The summed E-state index contributed by atoms with van der Waals surface area (Å²) in [6, 6.07) is 9.72. The number of hydrogen-bond acceptors (Lipinski definition) is 5. The van der Waals surface area contributed by atoms with Gasteiger partial charge >= 0.3 is 0 Å². The maximum absolute atomic E-state index is 12.5. The number of aliphatic imine (C=N–C) groups is 1. The number of nitrogens with two attached hydrogens (primary N) is 1. The van der Waals surface area contributed by atoms with E-state index in [0.29, 0.717) is 0 Å². The number of aromatic nitrogens is 1. The molecule has 2 heterocycles. The quantitative estimate of drug-likeness (QED) is 0.872. The highest BCUT2D eigenvalue weighted by Crippen LogP contribution is 2.33. The van der Waals surface area contributed by atoms with E-state index >= 15 is 0 Å². The Morgan fingerprint density at radius 2 is 2.14 bits per heavy atom. The number of rotatable bonds is 2. The number of likely N-dealkylation sites (N-methyl/N-ethyl adjacent to an activating group) is 1. The zero-order chi connectivity index (χ0) is 15.9. The van der Waals surface area contributed by atoms with Crippen LogP contribution in [-0.4, -0.2) is 34.2 Å². The van der Waals surface area contributed by atoms with Crippen molar-refractivity contribution in [2.45, 2.75) is 18.9 Å². The molecule has 22 heavy (non-hydrogen) atoms. The van der Waals surface area contributed by atoms with Crippen LogP contribution in [0.25, 0.3) is 11.3 Å². The highest BCUT2D eigenvalue weighted by atomic mass is 79.9. The smallest absolute Gasteiger partial charge is 0.239 e. The lowest BCUT2D eigenvalue weighted by Gasteiger charge is -2.30. The second-order valence-electron chi connectivity index (χ2n) is 5.23. The Labute approximate surface area is 141 Å². The maximum Gasteiger partial charge on any atom is 0.239 e. The molecule has 0 saturated heterocycles. The zero-order valence-electron chi connectivity index (χ0n) is 12.2. The number of amides is 1. The molecule has 2 N–H and O–H groups in total.